The fraction of sp³-hybridized carbons (Fsp3) is 0.583. The van der Waals surface area contributed by atoms with E-state index >= 15 is 0 Å². The van der Waals surface area contributed by atoms with Crippen LogP contribution in [-0.4, -0.2) is 79.3 Å². The molecule has 0 aliphatic heterocycles. The Hall–Kier alpha value is -1.29. The average Bonchev–Trinajstić information content (AvgIpc) is 2.44. The largest absolute Gasteiger partial charge is 0.478 e. The number of allylic oxidation sites excluding steroid dienone is 3. The van der Waals surface area contributed by atoms with Gasteiger partial charge >= 0.3 is 5.97 Å². The summed E-state index contributed by atoms with van der Waals surface area (Å²) >= 11 is 0. The Balaban J connectivity index is 0. The van der Waals surface area contributed by atoms with E-state index in [1.54, 1.807) is 12.2 Å². The molecule has 0 heterocycles. The molecular formula is C12H22O8. The lowest BCUT2D eigenvalue weighted by atomic mass is 10.0. The number of carboxylic acid groups (broad SMARTS) is 1. The summed E-state index contributed by atoms with van der Waals surface area (Å²) in [5, 5.41) is 60.2. The van der Waals surface area contributed by atoms with Gasteiger partial charge < -0.3 is 35.7 Å². The molecule has 0 amide bonds. The van der Waals surface area contributed by atoms with Gasteiger partial charge in [-0.1, -0.05) is 18.2 Å². The lowest BCUT2D eigenvalue weighted by molar-refractivity contribution is -0.131. The van der Waals surface area contributed by atoms with Crippen LogP contribution in [0.1, 0.15) is 6.92 Å². The Morgan fingerprint density at radius 2 is 1.35 bits per heavy atom. The van der Waals surface area contributed by atoms with Gasteiger partial charge in [0.05, 0.1) is 13.2 Å². The van der Waals surface area contributed by atoms with Crippen molar-refractivity contribution in [2.45, 2.75) is 31.3 Å². The molecule has 0 saturated heterocycles. The van der Waals surface area contributed by atoms with Gasteiger partial charge in [0.1, 0.15) is 24.4 Å². The summed E-state index contributed by atoms with van der Waals surface area (Å²) in [4.78, 5) is 9.75. The minimum absolute atomic E-state index is 0.726. The molecule has 20 heavy (non-hydrogen) atoms. The second kappa shape index (κ2) is 12.7. The van der Waals surface area contributed by atoms with Gasteiger partial charge in [0.25, 0.3) is 0 Å². The van der Waals surface area contributed by atoms with Crippen molar-refractivity contribution in [3.05, 3.63) is 24.3 Å². The molecule has 0 aromatic carbocycles. The van der Waals surface area contributed by atoms with E-state index in [0.717, 1.165) is 6.08 Å². The molecule has 4 unspecified atom stereocenters. The Morgan fingerprint density at radius 3 is 1.60 bits per heavy atom. The Labute approximate surface area is 116 Å². The van der Waals surface area contributed by atoms with Crippen LogP contribution in [0.25, 0.3) is 0 Å². The van der Waals surface area contributed by atoms with Crippen LogP contribution in [0.2, 0.25) is 0 Å². The minimum atomic E-state index is -1.67. The zero-order valence-electron chi connectivity index (χ0n) is 11.1. The van der Waals surface area contributed by atoms with Gasteiger partial charge in [-0.25, -0.2) is 4.79 Å². The molecule has 7 N–H and O–H groups in total. The van der Waals surface area contributed by atoms with Crippen molar-refractivity contribution in [3.8, 4) is 0 Å². The molecule has 8 nitrogen and oxygen atoms in total. The first-order valence-electron chi connectivity index (χ1n) is 5.78. The van der Waals surface area contributed by atoms with Gasteiger partial charge in [-0.05, 0) is 6.92 Å². The van der Waals surface area contributed by atoms with Crippen LogP contribution in [0.5, 0.6) is 0 Å². The van der Waals surface area contributed by atoms with Crippen molar-refractivity contribution in [3.63, 3.8) is 0 Å². The van der Waals surface area contributed by atoms with Crippen LogP contribution in [-0.2, 0) is 4.79 Å². The number of aliphatic hydroxyl groups excluding tert-OH is 6. The minimum Gasteiger partial charge on any atom is -0.478 e. The number of hydrogen-bond acceptors (Lipinski definition) is 7. The van der Waals surface area contributed by atoms with Gasteiger partial charge in [0.2, 0.25) is 0 Å². The maximum atomic E-state index is 9.75. The van der Waals surface area contributed by atoms with Crippen molar-refractivity contribution >= 4 is 5.97 Å². The zero-order valence-corrected chi connectivity index (χ0v) is 11.1. The highest BCUT2D eigenvalue weighted by Crippen LogP contribution is 2.03. The first-order valence-corrected chi connectivity index (χ1v) is 5.78. The summed E-state index contributed by atoms with van der Waals surface area (Å²) in [6, 6.07) is 0. The number of aliphatic carboxylic acids is 1. The van der Waals surface area contributed by atoms with Gasteiger partial charge in [-0.3, -0.25) is 0 Å². The molecule has 0 aromatic heterocycles. The first-order chi connectivity index (χ1) is 9.31. The Bertz CT molecular complexity index is 288. The monoisotopic (exact) mass is 294 g/mol. The molecule has 4 atom stereocenters. The van der Waals surface area contributed by atoms with E-state index < -0.39 is 43.6 Å². The van der Waals surface area contributed by atoms with Crippen molar-refractivity contribution in [1.82, 2.24) is 0 Å². The van der Waals surface area contributed by atoms with Gasteiger partial charge in [-0.15, -0.1) is 0 Å². The summed E-state index contributed by atoms with van der Waals surface area (Å²) in [6.45, 7) is 0.374. The van der Waals surface area contributed by atoms with Crippen LogP contribution >= 0.6 is 0 Å². The van der Waals surface area contributed by atoms with Gasteiger partial charge in [0.15, 0.2) is 0 Å². The van der Waals surface area contributed by atoms with Gasteiger partial charge in [0, 0.05) is 6.08 Å². The highest BCUT2D eigenvalue weighted by atomic mass is 16.4. The summed E-state index contributed by atoms with van der Waals surface area (Å²) in [5.74, 6) is -0.914. The van der Waals surface area contributed by atoms with Gasteiger partial charge in [-0.2, -0.15) is 0 Å². The van der Waals surface area contributed by atoms with E-state index in [-0.39, 0.29) is 0 Å². The highest BCUT2D eigenvalue weighted by Gasteiger charge is 2.29. The average molecular weight is 294 g/mol. The molecule has 118 valence electrons. The lowest BCUT2D eigenvalue weighted by Crippen LogP contribution is -2.46. The molecule has 0 fully saturated rings. The molecule has 0 aliphatic carbocycles. The molecule has 0 radical (unpaired) electrons. The van der Waals surface area contributed by atoms with Crippen LogP contribution in [0.15, 0.2) is 24.3 Å². The number of rotatable bonds is 7. The zero-order chi connectivity index (χ0) is 16.1. The molecule has 0 bridgehead atoms. The molecule has 8 heteroatoms. The summed E-state index contributed by atoms with van der Waals surface area (Å²) < 4.78 is 0. The van der Waals surface area contributed by atoms with E-state index in [4.69, 9.17) is 35.7 Å². The third-order valence-corrected chi connectivity index (χ3v) is 2.05. The standard InChI is InChI=1S/C6H14O6.C6H8O2/c7-1-3(9)5(11)6(12)4(10)2-8;1-2-3-4-5-6(7)8/h3-12H,1-2H2;2-5H,1H3,(H,7,8)/b;3-2+,5-4+. The second-order valence-electron chi connectivity index (χ2n) is 3.70. The van der Waals surface area contributed by atoms with E-state index in [2.05, 4.69) is 0 Å². The number of carboxylic acids is 1. The Morgan fingerprint density at radius 1 is 0.950 bits per heavy atom. The molecule has 0 rings (SSSR count). The predicted octanol–water partition coefficient (Wildman–Crippen LogP) is -2.38. The summed E-state index contributed by atoms with van der Waals surface area (Å²) in [5.41, 5.74) is 0. The first kappa shape index (κ1) is 21.0. The highest BCUT2D eigenvalue weighted by molar-refractivity contribution is 5.80. The van der Waals surface area contributed by atoms with Crippen LogP contribution < -0.4 is 0 Å². The molecule has 0 aliphatic rings. The van der Waals surface area contributed by atoms with Crippen LogP contribution in [0, 0.1) is 0 Å². The number of aliphatic hydroxyl groups is 6. The molecule has 0 aromatic rings. The molecular weight excluding hydrogens is 272 g/mol. The number of hydrogen-bond donors (Lipinski definition) is 7. The van der Waals surface area contributed by atoms with Crippen molar-refractivity contribution in [2.75, 3.05) is 13.2 Å². The maximum absolute atomic E-state index is 9.75. The fourth-order valence-corrected chi connectivity index (χ4v) is 0.920. The normalized spacial score (nSPS) is 17.4. The molecule has 0 saturated carbocycles. The van der Waals surface area contributed by atoms with Crippen LogP contribution in [0.4, 0.5) is 0 Å². The predicted molar refractivity (Wildman–Crippen MR) is 69.8 cm³/mol. The van der Waals surface area contributed by atoms with E-state index in [9.17, 15) is 4.79 Å². The van der Waals surface area contributed by atoms with Crippen molar-refractivity contribution in [1.29, 1.82) is 0 Å². The van der Waals surface area contributed by atoms with E-state index in [0.29, 0.717) is 0 Å². The third-order valence-electron chi connectivity index (χ3n) is 2.05. The maximum Gasteiger partial charge on any atom is 0.328 e. The van der Waals surface area contributed by atoms with Crippen molar-refractivity contribution in [2.24, 2.45) is 0 Å². The SMILES string of the molecule is C/C=C/C=C/C(=O)O.OCC(O)C(O)C(O)C(O)CO. The fourth-order valence-electron chi connectivity index (χ4n) is 0.920. The van der Waals surface area contributed by atoms with E-state index in [1.165, 1.54) is 6.08 Å². The van der Waals surface area contributed by atoms with E-state index in [1.807, 2.05) is 6.92 Å². The summed E-state index contributed by atoms with van der Waals surface area (Å²) in [6.07, 6.45) is -0.410. The number of carbonyl (C=O) groups is 1. The third kappa shape index (κ3) is 10.6. The van der Waals surface area contributed by atoms with Crippen molar-refractivity contribution < 1.29 is 40.5 Å². The quantitative estimate of drug-likeness (QED) is 0.202. The van der Waals surface area contributed by atoms with Crippen LogP contribution in [0.3, 0.4) is 0 Å². The summed E-state index contributed by atoms with van der Waals surface area (Å²) in [7, 11) is 0. The lowest BCUT2D eigenvalue weighted by Gasteiger charge is -2.24. The molecule has 0 spiro atoms. The topological polar surface area (TPSA) is 159 Å². The second-order valence-corrected chi connectivity index (χ2v) is 3.70. The Kier molecular flexibility index (Phi) is 13.4. The smallest absolute Gasteiger partial charge is 0.328 e.